The van der Waals surface area contributed by atoms with Gasteiger partial charge in [-0.1, -0.05) is 12.1 Å². The van der Waals surface area contributed by atoms with E-state index >= 15 is 0 Å². The first-order valence-corrected chi connectivity index (χ1v) is 8.64. The molecule has 1 N–H and O–H groups in total. The van der Waals surface area contributed by atoms with Crippen LogP contribution in [0.25, 0.3) is 10.9 Å². The fourth-order valence-corrected chi connectivity index (χ4v) is 4.11. The third-order valence-corrected chi connectivity index (χ3v) is 5.16. The number of nitrogens with one attached hydrogen (secondary N) is 1. The summed E-state index contributed by atoms with van der Waals surface area (Å²) in [4.78, 5) is 21.6. The van der Waals surface area contributed by atoms with Crippen molar-refractivity contribution in [1.82, 2.24) is 9.97 Å². The number of hydrogen-bond donors (Lipinski definition) is 1. The molecule has 4 nitrogen and oxygen atoms in total. The first kappa shape index (κ1) is 14.3. The minimum atomic E-state index is -0.0827. The number of allylic oxidation sites excluding steroid dienone is 2. The van der Waals surface area contributed by atoms with Crippen molar-refractivity contribution in [3.63, 3.8) is 0 Å². The Morgan fingerprint density at radius 1 is 1.04 bits per heavy atom. The van der Waals surface area contributed by atoms with Crippen molar-refractivity contribution < 1.29 is 4.79 Å². The molecule has 0 amide bonds. The van der Waals surface area contributed by atoms with Crippen LogP contribution in [-0.2, 0) is 4.79 Å². The summed E-state index contributed by atoms with van der Waals surface area (Å²) >= 11 is 0. The maximum Gasteiger partial charge on any atom is 0.161 e. The van der Waals surface area contributed by atoms with E-state index in [1.165, 1.54) is 0 Å². The van der Waals surface area contributed by atoms with Gasteiger partial charge in [-0.05, 0) is 48.2 Å². The molecule has 1 aromatic carbocycles. The first-order valence-electron chi connectivity index (χ1n) is 8.64. The molecule has 0 saturated heterocycles. The van der Waals surface area contributed by atoms with E-state index in [2.05, 4.69) is 33.5 Å². The zero-order valence-electron chi connectivity index (χ0n) is 13.7. The second-order valence-electron chi connectivity index (χ2n) is 6.61. The molecule has 5 rings (SSSR count). The van der Waals surface area contributed by atoms with Crippen molar-refractivity contribution in [2.24, 2.45) is 0 Å². The van der Waals surface area contributed by atoms with E-state index < -0.39 is 0 Å². The maximum atomic E-state index is 12.8. The van der Waals surface area contributed by atoms with E-state index in [0.29, 0.717) is 6.42 Å². The van der Waals surface area contributed by atoms with Crippen LogP contribution < -0.4 is 5.32 Å². The molecule has 2 aromatic heterocycles. The summed E-state index contributed by atoms with van der Waals surface area (Å²) in [6.07, 6.45) is 7.91. The van der Waals surface area contributed by atoms with E-state index in [1.54, 1.807) is 12.4 Å². The van der Waals surface area contributed by atoms with E-state index in [9.17, 15) is 4.79 Å². The molecule has 0 spiro atoms. The Morgan fingerprint density at radius 3 is 2.84 bits per heavy atom. The van der Waals surface area contributed by atoms with Gasteiger partial charge in [0.1, 0.15) is 0 Å². The Bertz CT molecular complexity index is 1020. The maximum absolute atomic E-state index is 12.8. The highest BCUT2D eigenvalue weighted by molar-refractivity contribution is 6.03. The van der Waals surface area contributed by atoms with Gasteiger partial charge in [-0.3, -0.25) is 14.8 Å². The zero-order chi connectivity index (χ0) is 16.8. The number of pyridine rings is 2. The standard InChI is InChI=1S/C21H17N3O/c25-18-7-1-6-16-21(18)19(13-4-2-10-22-12-13)20-14-5-3-11-23-15(14)8-9-17(20)24-16/h2-5,8-12,19,24H,1,6-7H2. The van der Waals surface area contributed by atoms with Crippen molar-refractivity contribution in [2.75, 3.05) is 5.32 Å². The molecule has 0 bridgehead atoms. The van der Waals surface area contributed by atoms with Crippen molar-refractivity contribution in [3.8, 4) is 0 Å². The van der Waals surface area contributed by atoms with Gasteiger partial charge in [-0.15, -0.1) is 0 Å². The normalized spacial score (nSPS) is 19.4. The van der Waals surface area contributed by atoms with Gasteiger partial charge in [-0.2, -0.15) is 0 Å². The van der Waals surface area contributed by atoms with E-state index in [1.807, 2.05) is 24.4 Å². The minimum Gasteiger partial charge on any atom is -0.358 e. The molecule has 3 aromatic rings. The highest BCUT2D eigenvalue weighted by Gasteiger charge is 2.36. The van der Waals surface area contributed by atoms with Gasteiger partial charge < -0.3 is 5.32 Å². The number of carbonyl (C=O) groups excluding carboxylic acids is 1. The Morgan fingerprint density at radius 2 is 1.96 bits per heavy atom. The summed E-state index contributed by atoms with van der Waals surface area (Å²) in [5.41, 5.74) is 6.19. The molecule has 1 aliphatic carbocycles. The Hall–Kier alpha value is -3.01. The molecule has 1 atom stereocenters. The minimum absolute atomic E-state index is 0.0827. The summed E-state index contributed by atoms with van der Waals surface area (Å²) in [6, 6.07) is 12.2. The van der Waals surface area contributed by atoms with Gasteiger partial charge in [0.15, 0.2) is 5.78 Å². The van der Waals surface area contributed by atoms with E-state index in [4.69, 9.17) is 0 Å². The van der Waals surface area contributed by atoms with Crippen molar-refractivity contribution in [1.29, 1.82) is 0 Å². The second kappa shape index (κ2) is 5.52. The van der Waals surface area contributed by atoms with Crippen LogP contribution in [-0.4, -0.2) is 15.8 Å². The smallest absolute Gasteiger partial charge is 0.161 e. The molecular formula is C21H17N3O. The zero-order valence-corrected chi connectivity index (χ0v) is 13.7. The molecule has 1 unspecified atom stereocenters. The molecule has 2 aliphatic rings. The molecule has 0 saturated carbocycles. The van der Waals surface area contributed by atoms with Gasteiger partial charge >= 0.3 is 0 Å². The molecule has 3 heterocycles. The highest BCUT2D eigenvalue weighted by atomic mass is 16.1. The summed E-state index contributed by atoms with van der Waals surface area (Å²) in [6.45, 7) is 0. The molecule has 25 heavy (non-hydrogen) atoms. The number of hydrogen-bond acceptors (Lipinski definition) is 4. The summed E-state index contributed by atoms with van der Waals surface area (Å²) in [5, 5.41) is 4.62. The van der Waals surface area contributed by atoms with Crippen LogP contribution in [0.4, 0.5) is 5.69 Å². The van der Waals surface area contributed by atoms with Crippen molar-refractivity contribution in [3.05, 3.63) is 77.4 Å². The van der Waals surface area contributed by atoms with Gasteiger partial charge in [0.2, 0.25) is 0 Å². The SMILES string of the molecule is O=C1CCCC2=C1C(c1cccnc1)c1c(ccc3ncccc13)N2. The summed E-state index contributed by atoms with van der Waals surface area (Å²) in [5.74, 6) is 0.162. The summed E-state index contributed by atoms with van der Waals surface area (Å²) < 4.78 is 0. The van der Waals surface area contributed by atoms with Gasteiger partial charge in [0.05, 0.1) is 5.52 Å². The Labute approximate surface area is 145 Å². The van der Waals surface area contributed by atoms with Crippen molar-refractivity contribution >= 4 is 22.4 Å². The Balaban J connectivity index is 1.85. The second-order valence-corrected chi connectivity index (χ2v) is 6.61. The largest absolute Gasteiger partial charge is 0.358 e. The lowest BCUT2D eigenvalue weighted by Gasteiger charge is -2.34. The predicted octanol–water partition coefficient (Wildman–Crippen LogP) is 4.19. The van der Waals surface area contributed by atoms with Crippen LogP contribution in [0, 0.1) is 0 Å². The number of benzene rings is 1. The quantitative estimate of drug-likeness (QED) is 0.728. The third-order valence-electron chi connectivity index (χ3n) is 5.16. The number of anilines is 1. The number of Topliss-reactive ketones (excluding diaryl/α,β-unsaturated/α-hetero) is 1. The first-order chi connectivity index (χ1) is 12.3. The van der Waals surface area contributed by atoms with E-state index in [-0.39, 0.29) is 11.7 Å². The van der Waals surface area contributed by atoms with Gasteiger partial charge in [0, 0.05) is 53.3 Å². The topological polar surface area (TPSA) is 54.9 Å². The lowest BCUT2D eigenvalue weighted by molar-refractivity contribution is -0.116. The number of fused-ring (bicyclic) bond motifs is 3. The number of ketones is 1. The van der Waals surface area contributed by atoms with Crippen LogP contribution in [0.15, 0.2) is 66.3 Å². The van der Waals surface area contributed by atoms with Gasteiger partial charge in [0.25, 0.3) is 0 Å². The van der Waals surface area contributed by atoms with Crippen LogP contribution in [0.3, 0.4) is 0 Å². The number of nitrogens with zero attached hydrogens (tertiary/aromatic N) is 2. The average Bonchev–Trinajstić information content (AvgIpc) is 2.67. The molecule has 0 radical (unpaired) electrons. The molecule has 0 fully saturated rings. The highest BCUT2D eigenvalue weighted by Crippen LogP contribution is 2.47. The molecule has 122 valence electrons. The Kier molecular flexibility index (Phi) is 3.17. The van der Waals surface area contributed by atoms with E-state index in [0.717, 1.165) is 51.8 Å². The number of carbonyl (C=O) groups is 1. The van der Waals surface area contributed by atoms with Crippen LogP contribution in [0.1, 0.15) is 36.3 Å². The van der Waals surface area contributed by atoms with Crippen molar-refractivity contribution in [2.45, 2.75) is 25.2 Å². The number of aromatic nitrogens is 2. The fraction of sp³-hybridized carbons (Fsp3) is 0.190. The number of rotatable bonds is 1. The average molecular weight is 327 g/mol. The monoisotopic (exact) mass is 327 g/mol. The van der Waals surface area contributed by atoms with Crippen LogP contribution in [0.5, 0.6) is 0 Å². The lowest BCUT2D eigenvalue weighted by atomic mass is 9.75. The third kappa shape index (κ3) is 2.18. The molecule has 1 aliphatic heterocycles. The van der Waals surface area contributed by atoms with Crippen LogP contribution in [0.2, 0.25) is 0 Å². The molecular weight excluding hydrogens is 310 g/mol. The predicted molar refractivity (Wildman–Crippen MR) is 97.3 cm³/mol. The van der Waals surface area contributed by atoms with Crippen LogP contribution >= 0.6 is 0 Å². The molecule has 4 heteroatoms. The van der Waals surface area contributed by atoms with Gasteiger partial charge in [-0.25, -0.2) is 0 Å². The lowest BCUT2D eigenvalue weighted by Crippen LogP contribution is -2.27. The summed E-state index contributed by atoms with van der Waals surface area (Å²) in [7, 11) is 0. The fourth-order valence-electron chi connectivity index (χ4n) is 4.11.